The number of hydrogen-bond acceptors (Lipinski definition) is 4. The molecule has 120 valence electrons. The molecule has 0 radical (unpaired) electrons. The topological polar surface area (TPSA) is 41.1 Å². The summed E-state index contributed by atoms with van der Waals surface area (Å²) < 4.78 is 0. The van der Waals surface area contributed by atoms with Crippen molar-refractivity contribution in [3.05, 3.63) is 52.4 Å². The highest BCUT2D eigenvalue weighted by Crippen LogP contribution is 2.32. The Morgan fingerprint density at radius 2 is 2.04 bits per heavy atom. The molecule has 2 aliphatic rings. The van der Waals surface area contributed by atoms with Crippen LogP contribution in [-0.4, -0.2) is 27.5 Å². The van der Waals surface area contributed by atoms with Gasteiger partial charge in [-0.2, -0.15) is 0 Å². The van der Waals surface area contributed by atoms with Gasteiger partial charge < -0.3 is 5.32 Å². The summed E-state index contributed by atoms with van der Waals surface area (Å²) in [7, 11) is 0. The predicted octanol–water partition coefficient (Wildman–Crippen LogP) is 3.65. The Hall–Kier alpha value is -1.65. The second-order valence-electron chi connectivity index (χ2n) is 6.43. The van der Waals surface area contributed by atoms with Crippen molar-refractivity contribution in [1.82, 2.24) is 14.9 Å². The van der Waals surface area contributed by atoms with Gasteiger partial charge in [0.05, 0.1) is 5.69 Å². The number of halogens is 1. The molecule has 1 N–H and O–H groups in total. The fraction of sp³-hybridized carbons (Fsp3) is 0.444. The first-order chi connectivity index (χ1) is 11.3. The zero-order valence-electron chi connectivity index (χ0n) is 13.1. The molecule has 2 aromatic rings. The van der Waals surface area contributed by atoms with Crippen LogP contribution in [0.15, 0.2) is 30.3 Å². The molecule has 0 spiro atoms. The molecule has 1 unspecified atom stereocenters. The van der Waals surface area contributed by atoms with Gasteiger partial charge in [-0.3, -0.25) is 4.90 Å². The van der Waals surface area contributed by atoms with Crippen molar-refractivity contribution in [3.8, 4) is 0 Å². The number of hydrogen-bond donors (Lipinski definition) is 1. The summed E-state index contributed by atoms with van der Waals surface area (Å²) in [5.74, 6) is 0.896. The fourth-order valence-electron chi connectivity index (χ4n) is 3.69. The van der Waals surface area contributed by atoms with Crippen molar-refractivity contribution >= 4 is 17.4 Å². The monoisotopic (exact) mass is 328 g/mol. The van der Waals surface area contributed by atoms with Gasteiger partial charge in [-0.1, -0.05) is 36.8 Å². The van der Waals surface area contributed by atoms with Gasteiger partial charge in [0.2, 0.25) is 5.28 Å². The lowest BCUT2D eigenvalue weighted by molar-refractivity contribution is 0.126. The zero-order valence-corrected chi connectivity index (χ0v) is 13.9. The van der Waals surface area contributed by atoms with Gasteiger partial charge in [0, 0.05) is 31.1 Å². The van der Waals surface area contributed by atoms with Gasteiger partial charge in [-0.05, 0) is 36.6 Å². The summed E-state index contributed by atoms with van der Waals surface area (Å²) in [6, 6.07) is 11.0. The van der Waals surface area contributed by atoms with Gasteiger partial charge in [-0.25, -0.2) is 9.97 Å². The summed E-state index contributed by atoms with van der Waals surface area (Å²) in [5.41, 5.74) is 3.59. The molecule has 4 nitrogen and oxygen atoms in total. The molecule has 1 fully saturated rings. The maximum Gasteiger partial charge on any atom is 0.224 e. The van der Waals surface area contributed by atoms with Crippen molar-refractivity contribution in [3.63, 3.8) is 0 Å². The van der Waals surface area contributed by atoms with E-state index >= 15 is 0 Å². The third-order valence-electron chi connectivity index (χ3n) is 4.91. The van der Waals surface area contributed by atoms with Crippen LogP contribution in [0, 0.1) is 0 Å². The van der Waals surface area contributed by atoms with Crippen LogP contribution in [0.4, 0.5) is 5.82 Å². The third kappa shape index (κ3) is 3.19. The van der Waals surface area contributed by atoms with E-state index < -0.39 is 0 Å². The van der Waals surface area contributed by atoms with E-state index in [0.29, 0.717) is 11.3 Å². The number of rotatable bonds is 3. The van der Waals surface area contributed by atoms with Crippen LogP contribution in [0.2, 0.25) is 5.28 Å². The number of nitrogens with one attached hydrogen (secondary N) is 1. The molecule has 1 aromatic heterocycles. The van der Waals surface area contributed by atoms with Gasteiger partial charge >= 0.3 is 0 Å². The van der Waals surface area contributed by atoms with Crippen LogP contribution in [0.5, 0.6) is 0 Å². The minimum absolute atomic E-state index is 0.351. The van der Waals surface area contributed by atoms with E-state index in [4.69, 9.17) is 11.6 Å². The molecule has 1 atom stereocenters. The van der Waals surface area contributed by atoms with Crippen LogP contribution in [0.1, 0.15) is 36.1 Å². The number of nitrogens with zero attached hydrogens (tertiary/aromatic N) is 3. The Morgan fingerprint density at radius 3 is 2.91 bits per heavy atom. The van der Waals surface area contributed by atoms with E-state index in [1.807, 2.05) is 6.07 Å². The lowest BCUT2D eigenvalue weighted by atomic mass is 9.91. The number of piperidine rings is 1. The highest BCUT2D eigenvalue weighted by molar-refractivity contribution is 6.28. The smallest absolute Gasteiger partial charge is 0.224 e. The number of benzene rings is 1. The van der Waals surface area contributed by atoms with E-state index in [1.165, 1.54) is 36.9 Å². The van der Waals surface area contributed by atoms with Crippen LogP contribution < -0.4 is 5.32 Å². The predicted molar refractivity (Wildman–Crippen MR) is 92.6 cm³/mol. The lowest BCUT2D eigenvalue weighted by Crippen LogP contribution is -2.44. The maximum absolute atomic E-state index is 6.16. The van der Waals surface area contributed by atoms with Crippen molar-refractivity contribution in [2.75, 3.05) is 11.9 Å². The van der Waals surface area contributed by atoms with Crippen molar-refractivity contribution in [2.24, 2.45) is 0 Å². The zero-order chi connectivity index (χ0) is 15.6. The molecule has 0 amide bonds. The average molecular weight is 329 g/mol. The molecule has 1 aromatic carbocycles. The van der Waals surface area contributed by atoms with Crippen molar-refractivity contribution in [1.29, 1.82) is 0 Å². The molecular formula is C18H21ClN4. The van der Waals surface area contributed by atoms with Gasteiger partial charge in [-0.15, -0.1) is 0 Å². The molecule has 4 rings (SSSR count). The molecule has 23 heavy (non-hydrogen) atoms. The SMILES string of the molecule is Clc1nc2c(c(NCc3ccccc3)n1)CN1CCCCC1C2. The van der Waals surface area contributed by atoms with Gasteiger partial charge in [0.15, 0.2) is 0 Å². The van der Waals surface area contributed by atoms with Gasteiger partial charge in [0.1, 0.15) is 5.82 Å². The molecule has 0 aliphatic carbocycles. The van der Waals surface area contributed by atoms with E-state index in [0.717, 1.165) is 31.0 Å². The Bertz CT molecular complexity index is 689. The number of anilines is 1. The first-order valence-electron chi connectivity index (χ1n) is 8.37. The van der Waals surface area contributed by atoms with Crippen LogP contribution in [0.25, 0.3) is 0 Å². The Labute approximate surface area is 141 Å². The average Bonchev–Trinajstić information content (AvgIpc) is 2.59. The number of fused-ring (bicyclic) bond motifs is 2. The first-order valence-corrected chi connectivity index (χ1v) is 8.74. The summed E-state index contributed by atoms with van der Waals surface area (Å²) in [5, 5.41) is 3.81. The molecule has 3 heterocycles. The standard InChI is InChI=1S/C18H21ClN4/c19-18-21-16-10-14-8-4-5-9-23(14)12-15(16)17(22-18)20-11-13-6-2-1-3-7-13/h1-3,6-7,14H,4-5,8-12H2,(H,20,21,22). The van der Waals surface area contributed by atoms with E-state index in [2.05, 4.69) is 44.5 Å². The highest BCUT2D eigenvalue weighted by atomic mass is 35.5. The molecule has 5 heteroatoms. The summed E-state index contributed by atoms with van der Waals surface area (Å²) in [4.78, 5) is 11.5. The quantitative estimate of drug-likeness (QED) is 0.873. The van der Waals surface area contributed by atoms with Gasteiger partial charge in [0.25, 0.3) is 0 Å². The normalized spacial score (nSPS) is 20.7. The number of aromatic nitrogens is 2. The second-order valence-corrected chi connectivity index (χ2v) is 6.77. The summed E-state index contributed by atoms with van der Waals surface area (Å²) in [6.45, 7) is 2.88. The molecule has 2 aliphatic heterocycles. The highest BCUT2D eigenvalue weighted by Gasteiger charge is 2.31. The second kappa shape index (κ2) is 6.46. The Kier molecular flexibility index (Phi) is 4.19. The van der Waals surface area contributed by atoms with E-state index in [1.54, 1.807) is 0 Å². The van der Waals surface area contributed by atoms with Crippen LogP contribution in [0.3, 0.4) is 0 Å². The van der Waals surface area contributed by atoms with Crippen LogP contribution in [-0.2, 0) is 19.5 Å². The van der Waals surface area contributed by atoms with Crippen LogP contribution >= 0.6 is 11.6 Å². The Balaban J connectivity index is 1.59. The molecule has 0 saturated carbocycles. The Morgan fingerprint density at radius 1 is 1.17 bits per heavy atom. The first kappa shape index (κ1) is 14.9. The third-order valence-corrected chi connectivity index (χ3v) is 5.08. The minimum Gasteiger partial charge on any atom is -0.366 e. The fourth-order valence-corrected chi connectivity index (χ4v) is 3.88. The minimum atomic E-state index is 0.351. The largest absolute Gasteiger partial charge is 0.366 e. The molecule has 1 saturated heterocycles. The van der Waals surface area contributed by atoms with E-state index in [-0.39, 0.29) is 0 Å². The van der Waals surface area contributed by atoms with Crippen molar-refractivity contribution in [2.45, 2.75) is 44.8 Å². The molecule has 0 bridgehead atoms. The lowest BCUT2D eigenvalue weighted by Gasteiger charge is -2.40. The summed E-state index contributed by atoms with van der Waals surface area (Å²) in [6.07, 6.45) is 4.90. The maximum atomic E-state index is 6.16. The van der Waals surface area contributed by atoms with Crippen molar-refractivity contribution < 1.29 is 0 Å². The van der Waals surface area contributed by atoms with E-state index in [9.17, 15) is 0 Å². The molecular weight excluding hydrogens is 308 g/mol. The summed E-state index contributed by atoms with van der Waals surface area (Å²) >= 11 is 6.16.